The highest BCUT2D eigenvalue weighted by atomic mass is 16.6. The van der Waals surface area contributed by atoms with Crippen LogP contribution in [0.5, 0.6) is 0 Å². The molecule has 0 spiro atoms. The average molecular weight is 292 g/mol. The van der Waals surface area contributed by atoms with E-state index in [1.807, 2.05) is 7.05 Å². The third-order valence-corrected chi connectivity index (χ3v) is 3.91. The van der Waals surface area contributed by atoms with Crippen LogP contribution >= 0.6 is 0 Å². The van der Waals surface area contributed by atoms with Crippen molar-refractivity contribution in [1.29, 1.82) is 0 Å². The molecule has 7 heteroatoms. The Morgan fingerprint density at radius 2 is 2.29 bits per heavy atom. The fourth-order valence-electron chi connectivity index (χ4n) is 2.66. The minimum absolute atomic E-state index is 0.00225. The molecule has 0 aliphatic carbocycles. The summed E-state index contributed by atoms with van der Waals surface area (Å²) in [6.07, 6.45) is 3.33. The van der Waals surface area contributed by atoms with Crippen LogP contribution in [0.2, 0.25) is 0 Å². The Morgan fingerprint density at radius 3 is 2.95 bits per heavy atom. The molecule has 1 saturated heterocycles. The lowest BCUT2D eigenvalue weighted by molar-refractivity contribution is -0.384. The van der Waals surface area contributed by atoms with E-state index < -0.39 is 10.8 Å². The second kappa shape index (κ2) is 6.53. The van der Waals surface area contributed by atoms with Gasteiger partial charge in [0.15, 0.2) is 0 Å². The highest BCUT2D eigenvalue weighted by Gasteiger charge is 2.25. The Balaban J connectivity index is 2.07. The molecule has 1 aliphatic rings. The van der Waals surface area contributed by atoms with E-state index in [9.17, 15) is 14.9 Å². The lowest BCUT2D eigenvalue weighted by Crippen LogP contribution is -2.44. The van der Waals surface area contributed by atoms with Crippen molar-refractivity contribution >= 4 is 17.3 Å². The van der Waals surface area contributed by atoms with Crippen LogP contribution in [0.25, 0.3) is 0 Å². The van der Waals surface area contributed by atoms with E-state index in [0.29, 0.717) is 6.54 Å². The van der Waals surface area contributed by atoms with Crippen LogP contribution in [0.1, 0.15) is 29.6 Å². The molecule has 1 unspecified atom stereocenters. The van der Waals surface area contributed by atoms with Crippen LogP contribution in [0.3, 0.4) is 0 Å². The molecular weight excluding hydrogens is 272 g/mol. The number of nitro groups is 1. The van der Waals surface area contributed by atoms with E-state index in [1.165, 1.54) is 18.6 Å². The molecule has 2 rings (SSSR count). The Morgan fingerprint density at radius 1 is 1.52 bits per heavy atom. The van der Waals surface area contributed by atoms with Crippen molar-refractivity contribution in [3.8, 4) is 0 Å². The normalized spacial score (nSPS) is 19.2. The molecule has 0 saturated carbocycles. The van der Waals surface area contributed by atoms with Gasteiger partial charge in [0.25, 0.3) is 5.91 Å². The quantitative estimate of drug-likeness (QED) is 0.496. The summed E-state index contributed by atoms with van der Waals surface area (Å²) in [6, 6.07) is 4.67. The molecular formula is C14H20N4O3. The van der Waals surface area contributed by atoms with Gasteiger partial charge in [-0.3, -0.25) is 14.9 Å². The fraction of sp³-hybridized carbons (Fsp3) is 0.500. The van der Waals surface area contributed by atoms with E-state index in [1.54, 1.807) is 6.07 Å². The number of carbonyl (C=O) groups is 1. The number of nitrogens with two attached hydrogens (primary N) is 1. The predicted octanol–water partition coefficient (Wildman–Crippen LogP) is 1.39. The van der Waals surface area contributed by atoms with Gasteiger partial charge in [-0.1, -0.05) is 12.5 Å². The lowest BCUT2D eigenvalue weighted by atomic mass is 10.0. The fourth-order valence-corrected chi connectivity index (χ4v) is 2.66. The summed E-state index contributed by atoms with van der Waals surface area (Å²) in [5.74, 6) is -0.451. The second-order valence-electron chi connectivity index (χ2n) is 5.34. The number of nitrogens with one attached hydrogen (secondary N) is 1. The van der Waals surface area contributed by atoms with Crippen molar-refractivity contribution in [2.75, 3.05) is 25.9 Å². The number of rotatable bonds is 4. The number of amides is 1. The molecule has 1 atom stereocenters. The number of benzene rings is 1. The first kappa shape index (κ1) is 15.2. The zero-order valence-electron chi connectivity index (χ0n) is 12.0. The zero-order valence-corrected chi connectivity index (χ0v) is 12.0. The summed E-state index contributed by atoms with van der Waals surface area (Å²) in [5, 5.41) is 13.8. The number of anilines is 1. The molecule has 0 aromatic heterocycles. The number of nitro benzene ring substituents is 1. The molecule has 0 bridgehead atoms. The van der Waals surface area contributed by atoms with Crippen LogP contribution in [0.4, 0.5) is 11.4 Å². The number of hydrogen-bond acceptors (Lipinski definition) is 5. The number of nitrogens with zero attached hydrogens (tertiary/aromatic N) is 2. The average Bonchev–Trinajstić information content (AvgIpc) is 2.45. The Hall–Kier alpha value is -2.15. The summed E-state index contributed by atoms with van der Waals surface area (Å²) in [4.78, 5) is 24.8. The molecule has 1 amide bonds. The minimum Gasteiger partial charge on any atom is -0.393 e. The number of likely N-dealkylation sites (tertiary alicyclic amines) is 1. The standard InChI is InChI=1S/C14H20N4O3/c1-17-8-3-2-5-10(17)9-16-14(19)11-6-4-7-12(15)13(11)18(20)21/h4,6-7,10H,2-3,5,8-9,15H2,1H3,(H,16,19). The number of para-hydroxylation sites is 1. The van der Waals surface area contributed by atoms with Crippen molar-refractivity contribution in [3.63, 3.8) is 0 Å². The maximum absolute atomic E-state index is 12.2. The number of carbonyl (C=O) groups excluding carboxylic acids is 1. The van der Waals surface area contributed by atoms with Crippen molar-refractivity contribution in [3.05, 3.63) is 33.9 Å². The van der Waals surface area contributed by atoms with E-state index in [-0.39, 0.29) is 23.0 Å². The molecule has 1 aliphatic heterocycles. The van der Waals surface area contributed by atoms with Crippen molar-refractivity contribution in [2.24, 2.45) is 0 Å². The van der Waals surface area contributed by atoms with Gasteiger partial charge in [0.2, 0.25) is 0 Å². The van der Waals surface area contributed by atoms with Crippen molar-refractivity contribution in [2.45, 2.75) is 25.3 Å². The van der Waals surface area contributed by atoms with Gasteiger partial charge in [-0.2, -0.15) is 0 Å². The molecule has 1 fully saturated rings. The third kappa shape index (κ3) is 3.49. The Bertz CT molecular complexity index is 547. The molecule has 0 radical (unpaired) electrons. The number of likely N-dealkylation sites (N-methyl/N-ethyl adjacent to an activating group) is 1. The first-order valence-corrected chi connectivity index (χ1v) is 7.02. The van der Waals surface area contributed by atoms with E-state index in [2.05, 4.69) is 10.2 Å². The Labute approximate surface area is 123 Å². The molecule has 1 aromatic carbocycles. The van der Waals surface area contributed by atoms with Gasteiger partial charge in [0, 0.05) is 12.6 Å². The highest BCUT2D eigenvalue weighted by Crippen LogP contribution is 2.25. The Kier molecular flexibility index (Phi) is 4.74. The lowest BCUT2D eigenvalue weighted by Gasteiger charge is -2.32. The van der Waals surface area contributed by atoms with Gasteiger partial charge in [-0.15, -0.1) is 0 Å². The second-order valence-corrected chi connectivity index (χ2v) is 5.34. The topological polar surface area (TPSA) is 102 Å². The maximum atomic E-state index is 12.2. The first-order chi connectivity index (χ1) is 10.0. The van der Waals surface area contributed by atoms with Gasteiger partial charge in [-0.05, 0) is 38.6 Å². The van der Waals surface area contributed by atoms with Crippen LogP contribution < -0.4 is 11.1 Å². The SMILES string of the molecule is CN1CCCCC1CNC(=O)c1cccc(N)c1[N+](=O)[O-]. The summed E-state index contributed by atoms with van der Waals surface area (Å²) in [7, 11) is 2.03. The molecule has 1 aromatic rings. The van der Waals surface area contributed by atoms with Gasteiger partial charge < -0.3 is 16.0 Å². The zero-order chi connectivity index (χ0) is 15.4. The minimum atomic E-state index is -0.614. The van der Waals surface area contributed by atoms with Gasteiger partial charge in [0.1, 0.15) is 11.3 Å². The highest BCUT2D eigenvalue weighted by molar-refractivity contribution is 6.00. The van der Waals surface area contributed by atoms with Crippen LogP contribution in [0, 0.1) is 10.1 Å². The van der Waals surface area contributed by atoms with Crippen molar-refractivity contribution in [1.82, 2.24) is 10.2 Å². The van der Waals surface area contributed by atoms with E-state index in [4.69, 9.17) is 5.73 Å². The molecule has 114 valence electrons. The van der Waals surface area contributed by atoms with Crippen LogP contribution in [-0.2, 0) is 0 Å². The van der Waals surface area contributed by atoms with Gasteiger partial charge in [0.05, 0.1) is 4.92 Å². The number of piperidine rings is 1. The smallest absolute Gasteiger partial charge is 0.304 e. The van der Waals surface area contributed by atoms with Gasteiger partial charge >= 0.3 is 5.69 Å². The first-order valence-electron chi connectivity index (χ1n) is 7.02. The van der Waals surface area contributed by atoms with Crippen LogP contribution in [0.15, 0.2) is 18.2 Å². The number of hydrogen-bond donors (Lipinski definition) is 2. The number of nitrogen functional groups attached to an aromatic ring is 1. The van der Waals surface area contributed by atoms with Gasteiger partial charge in [-0.25, -0.2) is 0 Å². The predicted molar refractivity (Wildman–Crippen MR) is 80.1 cm³/mol. The summed E-state index contributed by atoms with van der Waals surface area (Å²) < 4.78 is 0. The third-order valence-electron chi connectivity index (χ3n) is 3.91. The maximum Gasteiger partial charge on any atom is 0.304 e. The summed E-state index contributed by atoms with van der Waals surface area (Å²) in [6.45, 7) is 1.50. The van der Waals surface area contributed by atoms with E-state index in [0.717, 1.165) is 19.4 Å². The monoisotopic (exact) mass is 292 g/mol. The molecule has 21 heavy (non-hydrogen) atoms. The van der Waals surface area contributed by atoms with E-state index >= 15 is 0 Å². The summed E-state index contributed by atoms with van der Waals surface area (Å²) >= 11 is 0. The molecule has 7 nitrogen and oxygen atoms in total. The summed E-state index contributed by atoms with van der Waals surface area (Å²) in [5.41, 5.74) is 5.28. The van der Waals surface area contributed by atoms with Crippen LogP contribution in [-0.4, -0.2) is 41.9 Å². The molecule has 1 heterocycles. The molecule has 3 N–H and O–H groups in total. The largest absolute Gasteiger partial charge is 0.393 e. The van der Waals surface area contributed by atoms with Crippen molar-refractivity contribution < 1.29 is 9.72 Å².